The highest BCUT2D eigenvalue weighted by molar-refractivity contribution is 8.00. The lowest BCUT2D eigenvalue weighted by Crippen LogP contribution is -2.30. The minimum atomic E-state index is -0.546. The molecular weight excluding hydrogens is 683 g/mol. The number of esters is 1. The molecule has 51 heavy (non-hydrogen) atoms. The molecule has 9 nitrogen and oxygen atoms in total. The molecule has 4 aromatic carbocycles. The molecule has 3 amide bonds. The lowest BCUT2D eigenvalue weighted by atomic mass is 10.0. The van der Waals surface area contributed by atoms with E-state index in [2.05, 4.69) is 16.0 Å². The first-order valence-electron chi connectivity index (χ1n) is 16.2. The van der Waals surface area contributed by atoms with E-state index in [1.54, 1.807) is 73.7 Å². The van der Waals surface area contributed by atoms with Gasteiger partial charge in [0, 0.05) is 32.7 Å². The summed E-state index contributed by atoms with van der Waals surface area (Å²) in [5, 5.41) is 10.3. The molecule has 5 aromatic rings. The van der Waals surface area contributed by atoms with Crippen molar-refractivity contribution in [3.63, 3.8) is 0 Å². The van der Waals surface area contributed by atoms with Crippen molar-refractivity contribution in [2.75, 3.05) is 24.4 Å². The summed E-state index contributed by atoms with van der Waals surface area (Å²) < 4.78 is 10.8. The number of carbonyl (C=O) groups is 4. The molecule has 0 saturated heterocycles. The van der Waals surface area contributed by atoms with Crippen LogP contribution >= 0.6 is 23.1 Å². The first-order chi connectivity index (χ1) is 24.8. The van der Waals surface area contributed by atoms with Gasteiger partial charge in [0.2, 0.25) is 5.91 Å². The normalized spacial score (nSPS) is 11.6. The maximum Gasteiger partial charge on any atom is 0.341 e. The van der Waals surface area contributed by atoms with Crippen LogP contribution in [0.3, 0.4) is 0 Å². The van der Waals surface area contributed by atoms with Gasteiger partial charge in [-0.2, -0.15) is 0 Å². The number of methoxy groups -OCH3 is 1. The summed E-state index contributed by atoms with van der Waals surface area (Å²) in [4.78, 5) is 54.2. The summed E-state index contributed by atoms with van der Waals surface area (Å²) >= 11 is 2.61. The van der Waals surface area contributed by atoms with E-state index < -0.39 is 23.0 Å². The van der Waals surface area contributed by atoms with E-state index in [1.807, 2.05) is 60.8 Å². The van der Waals surface area contributed by atoms with Gasteiger partial charge in [-0.1, -0.05) is 79.7 Å². The summed E-state index contributed by atoms with van der Waals surface area (Å²) in [5.41, 5.74) is 3.34. The van der Waals surface area contributed by atoms with E-state index in [4.69, 9.17) is 9.47 Å². The largest absolute Gasteiger partial charge is 0.496 e. The summed E-state index contributed by atoms with van der Waals surface area (Å²) in [7, 11) is 1.53. The summed E-state index contributed by atoms with van der Waals surface area (Å²) in [5.74, 6) is -1.23. The third-order valence-corrected chi connectivity index (χ3v) is 9.85. The monoisotopic (exact) mass is 719 g/mol. The molecule has 0 fully saturated rings. The summed E-state index contributed by atoms with van der Waals surface area (Å²) in [6.07, 6.45) is 2.06. The predicted octanol–water partition coefficient (Wildman–Crippen LogP) is 8.52. The molecule has 0 aliphatic carbocycles. The Labute approximate surface area is 305 Å². The van der Waals surface area contributed by atoms with Crippen molar-refractivity contribution in [2.45, 2.75) is 30.4 Å². The average molecular weight is 720 g/mol. The summed E-state index contributed by atoms with van der Waals surface area (Å²) in [6.45, 7) is 3.85. The van der Waals surface area contributed by atoms with Gasteiger partial charge >= 0.3 is 5.97 Å². The number of anilines is 2. The van der Waals surface area contributed by atoms with Crippen molar-refractivity contribution in [1.29, 1.82) is 0 Å². The Morgan fingerprint density at radius 1 is 0.843 bits per heavy atom. The number of amides is 3. The van der Waals surface area contributed by atoms with Crippen LogP contribution < -0.4 is 20.7 Å². The molecule has 1 atom stereocenters. The predicted molar refractivity (Wildman–Crippen MR) is 204 cm³/mol. The number of nitrogens with one attached hydrogen (secondary N) is 3. The van der Waals surface area contributed by atoms with Gasteiger partial charge in [0.05, 0.1) is 19.0 Å². The van der Waals surface area contributed by atoms with Crippen LogP contribution in [-0.2, 0) is 14.3 Å². The van der Waals surface area contributed by atoms with Gasteiger partial charge in [0.1, 0.15) is 22.0 Å². The minimum Gasteiger partial charge on any atom is -0.496 e. The van der Waals surface area contributed by atoms with Crippen LogP contribution in [-0.4, -0.2) is 42.7 Å². The topological polar surface area (TPSA) is 123 Å². The number of hydrogen-bond donors (Lipinski definition) is 3. The standard InChI is InChI=1S/C40H37N3O6S2/c1-4-34(38(46)43-39-35(40(47)49-5-2)31(25-50-39)26-15-8-6-9-16-26)51-30-21-14-20-29(24-30)41-37(45)32(23-28-19-12-13-22-33(28)48-3)42-36(44)27-17-10-7-11-18-27/h6-25,34H,4-5H2,1-3H3,(H,41,45)(H,42,44)(H,43,46)/b32-23+. The molecule has 0 bridgehead atoms. The molecule has 5 rings (SSSR count). The van der Waals surface area contributed by atoms with E-state index in [-0.39, 0.29) is 18.2 Å². The first-order valence-corrected chi connectivity index (χ1v) is 18.0. The second-order valence-corrected chi connectivity index (χ2v) is 13.2. The second kappa shape index (κ2) is 17.8. The fourth-order valence-corrected chi connectivity index (χ4v) is 7.07. The smallest absolute Gasteiger partial charge is 0.341 e. The lowest BCUT2D eigenvalue weighted by Gasteiger charge is -2.16. The van der Waals surface area contributed by atoms with Crippen LogP contribution in [0.4, 0.5) is 10.7 Å². The second-order valence-electron chi connectivity index (χ2n) is 11.0. The van der Waals surface area contributed by atoms with E-state index in [0.29, 0.717) is 45.1 Å². The molecule has 1 heterocycles. The highest BCUT2D eigenvalue weighted by atomic mass is 32.2. The zero-order valence-electron chi connectivity index (χ0n) is 28.3. The van der Waals surface area contributed by atoms with Crippen molar-refractivity contribution >= 4 is 63.6 Å². The zero-order valence-corrected chi connectivity index (χ0v) is 29.9. The van der Waals surface area contributed by atoms with Gasteiger partial charge in [0.15, 0.2) is 0 Å². The lowest BCUT2D eigenvalue weighted by molar-refractivity contribution is -0.116. The zero-order chi connectivity index (χ0) is 36.2. The Morgan fingerprint density at radius 3 is 2.25 bits per heavy atom. The van der Waals surface area contributed by atoms with Crippen molar-refractivity contribution in [3.8, 4) is 16.9 Å². The first kappa shape index (κ1) is 36.6. The number of rotatable bonds is 14. The van der Waals surface area contributed by atoms with E-state index in [0.717, 1.165) is 10.5 Å². The van der Waals surface area contributed by atoms with Gasteiger partial charge in [-0.05, 0) is 61.4 Å². The Morgan fingerprint density at radius 2 is 1.55 bits per heavy atom. The Balaban J connectivity index is 1.34. The van der Waals surface area contributed by atoms with Gasteiger partial charge in [0.25, 0.3) is 11.8 Å². The molecule has 3 N–H and O–H groups in total. The van der Waals surface area contributed by atoms with E-state index in [9.17, 15) is 19.2 Å². The number of benzene rings is 4. The molecule has 0 spiro atoms. The van der Waals surface area contributed by atoms with Gasteiger partial charge in [-0.25, -0.2) is 4.79 Å². The quantitative estimate of drug-likeness (QED) is 0.0598. The van der Waals surface area contributed by atoms with Crippen molar-refractivity contribution in [2.24, 2.45) is 0 Å². The van der Waals surface area contributed by atoms with Gasteiger partial charge in [-0.15, -0.1) is 23.1 Å². The average Bonchev–Trinajstić information content (AvgIpc) is 3.58. The third kappa shape index (κ3) is 9.53. The number of ether oxygens (including phenoxy) is 2. The highest BCUT2D eigenvalue weighted by Gasteiger charge is 2.26. The van der Waals surface area contributed by atoms with Crippen LogP contribution in [0.1, 0.15) is 46.5 Å². The molecule has 1 aromatic heterocycles. The van der Waals surface area contributed by atoms with Crippen molar-refractivity contribution < 1.29 is 28.7 Å². The van der Waals surface area contributed by atoms with Gasteiger partial charge < -0.3 is 25.4 Å². The van der Waals surface area contributed by atoms with Crippen LogP contribution in [0.5, 0.6) is 5.75 Å². The SMILES string of the molecule is CCOC(=O)c1c(-c2ccccc2)csc1NC(=O)C(CC)Sc1cccc(NC(=O)/C(=C\c2ccccc2OC)NC(=O)c2ccccc2)c1. The molecule has 0 radical (unpaired) electrons. The molecular formula is C40H37N3O6S2. The van der Waals surface area contributed by atoms with E-state index >= 15 is 0 Å². The molecule has 0 aliphatic rings. The molecule has 0 aliphatic heterocycles. The fourth-order valence-electron chi connectivity index (χ4n) is 5.09. The number of hydrogen-bond acceptors (Lipinski definition) is 8. The number of para-hydroxylation sites is 1. The molecule has 260 valence electrons. The van der Waals surface area contributed by atoms with Crippen LogP contribution in [0.2, 0.25) is 0 Å². The Hall–Kier alpha value is -5.65. The van der Waals surface area contributed by atoms with Crippen LogP contribution in [0.15, 0.2) is 125 Å². The van der Waals surface area contributed by atoms with Crippen molar-refractivity contribution in [3.05, 3.63) is 137 Å². The molecule has 11 heteroatoms. The van der Waals surface area contributed by atoms with Crippen molar-refractivity contribution in [1.82, 2.24) is 5.32 Å². The minimum absolute atomic E-state index is 0.0143. The van der Waals surface area contributed by atoms with Crippen LogP contribution in [0.25, 0.3) is 17.2 Å². The third-order valence-electron chi connectivity index (χ3n) is 7.59. The Kier molecular flexibility index (Phi) is 12.8. The Bertz CT molecular complexity index is 2030. The van der Waals surface area contributed by atoms with Gasteiger partial charge in [-0.3, -0.25) is 14.4 Å². The fraction of sp³-hybridized carbons (Fsp3) is 0.150. The maximum atomic E-state index is 13.7. The van der Waals surface area contributed by atoms with E-state index in [1.165, 1.54) is 30.2 Å². The molecule has 1 unspecified atom stereocenters. The summed E-state index contributed by atoms with van der Waals surface area (Å²) in [6, 6.07) is 32.4. The highest BCUT2D eigenvalue weighted by Crippen LogP contribution is 2.37. The number of thiophene rings is 1. The maximum absolute atomic E-state index is 13.7. The number of carbonyl (C=O) groups excluding carboxylic acids is 4. The number of thioether (sulfide) groups is 1. The van der Waals surface area contributed by atoms with Crippen LogP contribution in [0, 0.1) is 0 Å². The molecule has 0 saturated carbocycles.